The molecule has 2 N–H and O–H groups in total. The van der Waals surface area contributed by atoms with Crippen molar-refractivity contribution in [1.82, 2.24) is 5.32 Å². The summed E-state index contributed by atoms with van der Waals surface area (Å²) in [5, 5.41) is 12.5. The summed E-state index contributed by atoms with van der Waals surface area (Å²) >= 11 is 0. The van der Waals surface area contributed by atoms with E-state index in [1.807, 2.05) is 31.2 Å². The van der Waals surface area contributed by atoms with Crippen LogP contribution in [0.5, 0.6) is 5.75 Å². The summed E-state index contributed by atoms with van der Waals surface area (Å²) in [6.07, 6.45) is 5.05. The molecule has 2 rings (SSSR count). The van der Waals surface area contributed by atoms with Crippen LogP contribution in [0.1, 0.15) is 63.4 Å². The highest BCUT2D eigenvalue weighted by molar-refractivity contribution is 5.87. The number of carboxylic acids is 1. The van der Waals surface area contributed by atoms with E-state index < -0.39 is 11.5 Å². The first-order valence-corrected chi connectivity index (χ1v) is 8.65. The first-order valence-electron chi connectivity index (χ1n) is 8.65. The molecule has 0 aliphatic heterocycles. The molecule has 5 heteroatoms. The number of rotatable bonds is 6. The highest BCUT2D eigenvalue weighted by Gasteiger charge is 2.40. The lowest BCUT2D eigenvalue weighted by molar-refractivity contribution is -0.148. The Bertz CT molecular complexity index is 576. The summed E-state index contributed by atoms with van der Waals surface area (Å²) in [5.41, 5.74) is -0.0865. The van der Waals surface area contributed by atoms with Crippen molar-refractivity contribution < 1.29 is 19.4 Å². The zero-order valence-corrected chi connectivity index (χ0v) is 14.5. The summed E-state index contributed by atoms with van der Waals surface area (Å²) in [7, 11) is 1.61. The molecular weight excluding hydrogens is 306 g/mol. The second-order valence-corrected chi connectivity index (χ2v) is 6.73. The number of carboxylic acid groups (broad SMARTS) is 1. The fourth-order valence-corrected chi connectivity index (χ4v) is 3.39. The van der Waals surface area contributed by atoms with E-state index in [1.165, 1.54) is 0 Å². The van der Waals surface area contributed by atoms with Crippen LogP contribution in [0.2, 0.25) is 0 Å². The van der Waals surface area contributed by atoms with E-state index >= 15 is 0 Å². The Morgan fingerprint density at radius 2 is 1.92 bits per heavy atom. The zero-order valence-electron chi connectivity index (χ0n) is 14.5. The van der Waals surface area contributed by atoms with Gasteiger partial charge in [0.2, 0.25) is 5.91 Å². The molecule has 0 radical (unpaired) electrons. The van der Waals surface area contributed by atoms with E-state index in [1.54, 1.807) is 7.11 Å². The molecule has 0 bridgehead atoms. The van der Waals surface area contributed by atoms with Gasteiger partial charge in [-0.1, -0.05) is 44.7 Å². The van der Waals surface area contributed by atoms with Crippen LogP contribution in [0.15, 0.2) is 24.3 Å². The summed E-state index contributed by atoms with van der Waals surface area (Å²) < 4.78 is 5.21. The van der Waals surface area contributed by atoms with Crippen LogP contribution in [-0.2, 0) is 9.59 Å². The third-order valence-electron chi connectivity index (χ3n) is 4.90. The lowest BCUT2D eigenvalue weighted by Crippen LogP contribution is -2.54. The van der Waals surface area contributed by atoms with Crippen molar-refractivity contribution in [3.8, 4) is 5.75 Å². The van der Waals surface area contributed by atoms with Gasteiger partial charge < -0.3 is 15.2 Å². The van der Waals surface area contributed by atoms with Gasteiger partial charge in [0.25, 0.3) is 0 Å². The molecule has 132 valence electrons. The van der Waals surface area contributed by atoms with Crippen LogP contribution < -0.4 is 10.1 Å². The SMILES string of the molecule is COc1cccc(C(C)CC(=O)NC2(C(=O)O)CCCCCC2)c1. The predicted molar refractivity (Wildman–Crippen MR) is 92.2 cm³/mol. The van der Waals surface area contributed by atoms with E-state index in [-0.39, 0.29) is 18.2 Å². The van der Waals surface area contributed by atoms with Crippen molar-refractivity contribution in [3.63, 3.8) is 0 Å². The number of carbonyl (C=O) groups excluding carboxylic acids is 1. The van der Waals surface area contributed by atoms with Crippen molar-refractivity contribution in [3.05, 3.63) is 29.8 Å². The molecule has 0 saturated heterocycles. The molecule has 0 aromatic heterocycles. The van der Waals surface area contributed by atoms with Gasteiger partial charge >= 0.3 is 5.97 Å². The molecule has 1 saturated carbocycles. The maximum Gasteiger partial charge on any atom is 0.329 e. The first-order chi connectivity index (χ1) is 11.5. The molecule has 24 heavy (non-hydrogen) atoms. The minimum atomic E-state index is -1.10. The Hall–Kier alpha value is -2.04. The summed E-state index contributed by atoms with van der Waals surface area (Å²) in [6.45, 7) is 1.97. The van der Waals surface area contributed by atoms with E-state index in [2.05, 4.69) is 5.32 Å². The second-order valence-electron chi connectivity index (χ2n) is 6.73. The lowest BCUT2D eigenvalue weighted by atomic mass is 9.89. The van der Waals surface area contributed by atoms with Crippen molar-refractivity contribution in [2.75, 3.05) is 7.11 Å². The van der Waals surface area contributed by atoms with Crippen LogP contribution in [0.4, 0.5) is 0 Å². The van der Waals surface area contributed by atoms with Gasteiger partial charge in [0, 0.05) is 6.42 Å². The number of nitrogens with one attached hydrogen (secondary N) is 1. The highest BCUT2D eigenvalue weighted by atomic mass is 16.5. The van der Waals surface area contributed by atoms with E-state index in [0.29, 0.717) is 12.8 Å². The number of benzene rings is 1. The minimum absolute atomic E-state index is 0.00303. The third-order valence-corrected chi connectivity index (χ3v) is 4.90. The van der Waals surface area contributed by atoms with Gasteiger partial charge in [0.15, 0.2) is 0 Å². The van der Waals surface area contributed by atoms with Crippen molar-refractivity contribution in [2.45, 2.75) is 63.3 Å². The smallest absolute Gasteiger partial charge is 0.329 e. The number of amides is 1. The van der Waals surface area contributed by atoms with Crippen LogP contribution in [0.25, 0.3) is 0 Å². The molecule has 1 aromatic rings. The molecule has 1 fully saturated rings. The number of carbonyl (C=O) groups is 2. The van der Waals surface area contributed by atoms with E-state index in [4.69, 9.17) is 4.74 Å². The fourth-order valence-electron chi connectivity index (χ4n) is 3.39. The highest BCUT2D eigenvalue weighted by Crippen LogP contribution is 2.29. The number of hydrogen-bond donors (Lipinski definition) is 2. The van der Waals surface area contributed by atoms with Crippen LogP contribution in [-0.4, -0.2) is 29.6 Å². The summed E-state index contributed by atoms with van der Waals surface area (Å²) in [6, 6.07) is 7.63. The van der Waals surface area contributed by atoms with Gasteiger partial charge in [0.05, 0.1) is 7.11 Å². The summed E-state index contributed by atoms with van der Waals surface area (Å²) in [4.78, 5) is 24.2. The number of ether oxygens (including phenoxy) is 1. The molecule has 1 aromatic carbocycles. The second kappa shape index (κ2) is 8.18. The Balaban J connectivity index is 2.03. The zero-order chi connectivity index (χ0) is 17.6. The van der Waals surface area contributed by atoms with Crippen LogP contribution in [0, 0.1) is 0 Å². The van der Waals surface area contributed by atoms with Gasteiger partial charge in [-0.2, -0.15) is 0 Å². The van der Waals surface area contributed by atoms with Gasteiger partial charge in [-0.25, -0.2) is 4.79 Å². The Kier molecular flexibility index (Phi) is 6.23. The summed E-state index contributed by atoms with van der Waals surface area (Å²) in [5.74, 6) is -0.358. The Morgan fingerprint density at radius 3 is 2.50 bits per heavy atom. The van der Waals surface area contributed by atoms with Crippen molar-refractivity contribution >= 4 is 11.9 Å². The number of aliphatic carboxylic acids is 1. The molecule has 0 heterocycles. The van der Waals surface area contributed by atoms with Crippen molar-refractivity contribution in [2.24, 2.45) is 0 Å². The Labute approximate surface area is 143 Å². The van der Waals surface area contributed by atoms with E-state index in [0.717, 1.165) is 37.0 Å². The standard InChI is InChI=1S/C19H27NO4/c1-14(15-8-7-9-16(13-15)24-2)12-17(21)20-19(18(22)23)10-5-3-4-6-11-19/h7-9,13-14H,3-6,10-12H2,1-2H3,(H,20,21)(H,22,23). The molecular formula is C19H27NO4. The van der Waals surface area contributed by atoms with Gasteiger partial charge in [-0.05, 0) is 36.5 Å². The molecule has 0 spiro atoms. The molecule has 1 atom stereocenters. The monoisotopic (exact) mass is 333 g/mol. The third kappa shape index (κ3) is 4.49. The largest absolute Gasteiger partial charge is 0.497 e. The molecule has 1 unspecified atom stereocenters. The maximum absolute atomic E-state index is 12.5. The Morgan fingerprint density at radius 1 is 1.25 bits per heavy atom. The van der Waals surface area contributed by atoms with E-state index in [9.17, 15) is 14.7 Å². The van der Waals surface area contributed by atoms with Gasteiger partial charge in [-0.15, -0.1) is 0 Å². The van der Waals surface area contributed by atoms with Crippen LogP contribution in [0.3, 0.4) is 0 Å². The van der Waals surface area contributed by atoms with Gasteiger partial charge in [0.1, 0.15) is 11.3 Å². The molecule has 1 aliphatic carbocycles. The minimum Gasteiger partial charge on any atom is -0.497 e. The van der Waals surface area contributed by atoms with Crippen molar-refractivity contribution in [1.29, 1.82) is 0 Å². The molecule has 1 aliphatic rings. The van der Waals surface area contributed by atoms with Crippen LogP contribution >= 0.6 is 0 Å². The predicted octanol–water partition coefficient (Wildman–Crippen LogP) is 3.48. The number of methoxy groups -OCH3 is 1. The molecule has 5 nitrogen and oxygen atoms in total. The lowest BCUT2D eigenvalue weighted by Gasteiger charge is -2.30. The topological polar surface area (TPSA) is 75.6 Å². The fraction of sp³-hybridized carbons (Fsp3) is 0.579. The number of hydrogen-bond acceptors (Lipinski definition) is 3. The quantitative estimate of drug-likeness (QED) is 0.782. The van der Waals surface area contributed by atoms with Gasteiger partial charge in [-0.3, -0.25) is 4.79 Å². The molecule has 1 amide bonds. The maximum atomic E-state index is 12.5. The average Bonchev–Trinajstić information content (AvgIpc) is 2.81. The normalized spacial score (nSPS) is 18.2. The first kappa shape index (κ1) is 18.3. The average molecular weight is 333 g/mol.